The third-order valence-electron chi connectivity index (χ3n) is 3.73. The zero-order valence-corrected chi connectivity index (χ0v) is 15.2. The Bertz CT molecular complexity index is 897. The van der Waals surface area contributed by atoms with Gasteiger partial charge < -0.3 is 5.32 Å². The van der Waals surface area contributed by atoms with E-state index in [1.807, 2.05) is 42.3 Å². The Morgan fingerprint density at radius 3 is 2.60 bits per heavy atom. The number of nitrogens with one attached hydrogen (secondary N) is 1. The lowest BCUT2D eigenvalue weighted by Gasteiger charge is -2.17. The van der Waals surface area contributed by atoms with Crippen LogP contribution in [0.5, 0.6) is 0 Å². The second kappa shape index (κ2) is 7.83. The number of hydrogen-bond donors (Lipinski definition) is 1. The Kier molecular flexibility index (Phi) is 5.53. The number of carbonyl (C=O) groups is 1. The van der Waals surface area contributed by atoms with E-state index in [2.05, 4.69) is 10.3 Å². The van der Waals surface area contributed by atoms with E-state index in [0.717, 1.165) is 16.5 Å². The molecule has 0 saturated heterocycles. The number of hydrogen-bond acceptors (Lipinski definition) is 3. The van der Waals surface area contributed by atoms with Crippen LogP contribution in [-0.4, -0.2) is 29.4 Å². The van der Waals surface area contributed by atoms with Gasteiger partial charge in [-0.2, -0.15) is 0 Å². The summed E-state index contributed by atoms with van der Waals surface area (Å²) in [5.74, 6) is -0.102. The van der Waals surface area contributed by atoms with Crippen LogP contribution < -0.4 is 5.32 Å². The van der Waals surface area contributed by atoms with Gasteiger partial charge in [-0.1, -0.05) is 41.4 Å². The fourth-order valence-corrected chi connectivity index (χ4v) is 2.90. The van der Waals surface area contributed by atoms with Crippen molar-refractivity contribution in [3.63, 3.8) is 0 Å². The highest BCUT2D eigenvalue weighted by Gasteiger charge is 2.11. The number of fused-ring (bicyclic) bond motifs is 1. The molecule has 0 aliphatic rings. The largest absolute Gasteiger partial charge is 0.325 e. The van der Waals surface area contributed by atoms with Crippen LogP contribution in [0.3, 0.4) is 0 Å². The lowest BCUT2D eigenvalue weighted by atomic mass is 10.1. The van der Waals surface area contributed by atoms with Gasteiger partial charge in [0.2, 0.25) is 5.91 Å². The molecule has 0 saturated carbocycles. The molecule has 6 heteroatoms. The Hall–Kier alpha value is -2.14. The Morgan fingerprint density at radius 1 is 1.12 bits per heavy atom. The van der Waals surface area contributed by atoms with E-state index >= 15 is 0 Å². The van der Waals surface area contributed by atoms with Crippen LogP contribution in [0.4, 0.5) is 5.69 Å². The molecule has 1 heterocycles. The normalized spacial score (nSPS) is 11.0. The van der Waals surface area contributed by atoms with Crippen LogP contribution >= 0.6 is 23.2 Å². The van der Waals surface area contributed by atoms with Crippen molar-refractivity contribution < 1.29 is 4.79 Å². The minimum atomic E-state index is -0.102. The predicted molar refractivity (Wildman–Crippen MR) is 103 cm³/mol. The molecule has 0 aliphatic heterocycles. The molecule has 25 heavy (non-hydrogen) atoms. The molecule has 0 fully saturated rings. The van der Waals surface area contributed by atoms with E-state index < -0.39 is 0 Å². The number of amides is 1. The van der Waals surface area contributed by atoms with Crippen LogP contribution in [0, 0.1) is 0 Å². The quantitative estimate of drug-likeness (QED) is 0.664. The Balaban J connectivity index is 1.63. The molecule has 0 aliphatic carbocycles. The summed E-state index contributed by atoms with van der Waals surface area (Å²) < 4.78 is 0. The highest BCUT2D eigenvalue weighted by molar-refractivity contribution is 6.31. The van der Waals surface area contributed by atoms with E-state index in [9.17, 15) is 4.79 Å². The van der Waals surface area contributed by atoms with Crippen molar-refractivity contribution in [3.05, 3.63) is 70.3 Å². The fourth-order valence-electron chi connectivity index (χ4n) is 2.57. The second-order valence-corrected chi connectivity index (χ2v) is 6.65. The second-order valence-electron chi connectivity index (χ2n) is 5.86. The van der Waals surface area contributed by atoms with E-state index in [-0.39, 0.29) is 12.5 Å². The van der Waals surface area contributed by atoms with Crippen LogP contribution in [-0.2, 0) is 11.3 Å². The first-order valence-corrected chi connectivity index (χ1v) is 8.55. The molecule has 1 N–H and O–H groups in total. The molecule has 0 atom stereocenters. The van der Waals surface area contributed by atoms with Crippen molar-refractivity contribution in [1.29, 1.82) is 0 Å². The first-order chi connectivity index (χ1) is 12.0. The predicted octanol–water partition coefficient (Wildman–Crippen LogP) is 4.61. The number of rotatable bonds is 5. The van der Waals surface area contributed by atoms with Gasteiger partial charge in [0.25, 0.3) is 0 Å². The molecule has 2 aromatic carbocycles. The van der Waals surface area contributed by atoms with Crippen LogP contribution in [0.25, 0.3) is 10.9 Å². The minimum Gasteiger partial charge on any atom is -0.325 e. The van der Waals surface area contributed by atoms with Crippen molar-refractivity contribution in [1.82, 2.24) is 9.88 Å². The summed E-state index contributed by atoms with van der Waals surface area (Å²) in [6.45, 7) is 0.774. The molecule has 0 spiro atoms. The molecule has 0 unspecified atom stereocenters. The molecule has 1 aromatic heterocycles. The van der Waals surface area contributed by atoms with E-state index in [0.29, 0.717) is 22.4 Å². The van der Waals surface area contributed by atoms with Crippen molar-refractivity contribution >= 4 is 45.7 Å². The van der Waals surface area contributed by atoms with Gasteiger partial charge in [0, 0.05) is 28.2 Å². The summed E-state index contributed by atoms with van der Waals surface area (Å²) in [5.41, 5.74) is 2.47. The van der Waals surface area contributed by atoms with Gasteiger partial charge in [0.1, 0.15) is 5.15 Å². The number of para-hydroxylation sites is 1. The summed E-state index contributed by atoms with van der Waals surface area (Å²) in [4.78, 5) is 18.5. The maximum Gasteiger partial charge on any atom is 0.238 e. The number of benzene rings is 2. The van der Waals surface area contributed by atoms with Gasteiger partial charge >= 0.3 is 0 Å². The summed E-state index contributed by atoms with van der Waals surface area (Å²) in [6.07, 6.45) is 0. The van der Waals surface area contributed by atoms with Crippen molar-refractivity contribution in [2.24, 2.45) is 0 Å². The zero-order chi connectivity index (χ0) is 17.8. The lowest BCUT2D eigenvalue weighted by molar-refractivity contribution is -0.117. The molecule has 128 valence electrons. The number of halogens is 2. The van der Waals surface area contributed by atoms with Gasteiger partial charge in [-0.3, -0.25) is 9.69 Å². The highest BCUT2D eigenvalue weighted by Crippen LogP contribution is 2.21. The lowest BCUT2D eigenvalue weighted by Crippen LogP contribution is -2.30. The fraction of sp³-hybridized carbons (Fsp3) is 0.158. The Morgan fingerprint density at radius 2 is 1.84 bits per heavy atom. The van der Waals surface area contributed by atoms with E-state index in [1.54, 1.807) is 24.3 Å². The first-order valence-electron chi connectivity index (χ1n) is 7.79. The number of likely N-dealkylation sites (N-methyl/N-ethyl adjacent to an activating group) is 1. The zero-order valence-electron chi connectivity index (χ0n) is 13.7. The smallest absolute Gasteiger partial charge is 0.238 e. The summed E-state index contributed by atoms with van der Waals surface area (Å²) >= 11 is 12.1. The third kappa shape index (κ3) is 4.69. The van der Waals surface area contributed by atoms with Gasteiger partial charge in [-0.15, -0.1) is 0 Å². The molecule has 0 bridgehead atoms. The molecule has 3 rings (SSSR count). The maximum absolute atomic E-state index is 12.2. The number of aromatic nitrogens is 1. The van der Waals surface area contributed by atoms with Gasteiger partial charge in [0.05, 0.1) is 12.1 Å². The van der Waals surface area contributed by atoms with Gasteiger partial charge in [0.15, 0.2) is 0 Å². The average Bonchev–Trinajstić information content (AvgIpc) is 2.57. The van der Waals surface area contributed by atoms with Crippen molar-refractivity contribution in [2.75, 3.05) is 18.9 Å². The third-order valence-corrected chi connectivity index (χ3v) is 4.31. The monoisotopic (exact) mass is 373 g/mol. The standard InChI is InChI=1S/C19H17Cl2N3O/c1-24(12-18(25)22-16-8-6-15(20)7-9-16)11-14-10-13-4-2-3-5-17(13)23-19(14)21/h2-10H,11-12H2,1H3,(H,22,25). The van der Waals surface area contributed by atoms with E-state index in [4.69, 9.17) is 23.2 Å². The molecular formula is C19H17Cl2N3O. The summed E-state index contributed by atoms with van der Waals surface area (Å²) in [5, 5.41) is 4.97. The van der Waals surface area contributed by atoms with Crippen LogP contribution in [0.1, 0.15) is 5.56 Å². The van der Waals surface area contributed by atoms with Crippen LogP contribution in [0.2, 0.25) is 10.2 Å². The summed E-state index contributed by atoms with van der Waals surface area (Å²) in [7, 11) is 1.87. The van der Waals surface area contributed by atoms with Crippen molar-refractivity contribution in [3.8, 4) is 0 Å². The topological polar surface area (TPSA) is 45.2 Å². The van der Waals surface area contributed by atoms with Gasteiger partial charge in [-0.05, 0) is 43.4 Å². The van der Waals surface area contributed by atoms with Crippen molar-refractivity contribution in [2.45, 2.75) is 6.54 Å². The SMILES string of the molecule is CN(CC(=O)Nc1ccc(Cl)cc1)Cc1cc2ccccc2nc1Cl. The molecule has 1 amide bonds. The highest BCUT2D eigenvalue weighted by atomic mass is 35.5. The minimum absolute atomic E-state index is 0.102. The maximum atomic E-state index is 12.2. The first kappa shape index (κ1) is 17.7. The summed E-state index contributed by atoms with van der Waals surface area (Å²) in [6, 6.07) is 16.8. The Labute approximate surface area is 156 Å². The molecule has 3 aromatic rings. The van der Waals surface area contributed by atoms with Gasteiger partial charge in [-0.25, -0.2) is 4.98 Å². The molecular weight excluding hydrogens is 357 g/mol. The average molecular weight is 374 g/mol. The molecule has 0 radical (unpaired) electrons. The number of anilines is 1. The van der Waals surface area contributed by atoms with Crippen LogP contribution in [0.15, 0.2) is 54.6 Å². The number of pyridine rings is 1. The number of nitrogens with zero attached hydrogens (tertiary/aromatic N) is 2. The number of carbonyl (C=O) groups excluding carboxylic acids is 1. The molecule has 4 nitrogen and oxygen atoms in total. The van der Waals surface area contributed by atoms with E-state index in [1.165, 1.54) is 0 Å².